The predicted octanol–water partition coefficient (Wildman–Crippen LogP) is 1.51. The lowest BCUT2D eigenvalue weighted by molar-refractivity contribution is -0.136. The van der Waals surface area contributed by atoms with Crippen molar-refractivity contribution in [1.29, 1.82) is 0 Å². The topological polar surface area (TPSA) is 49.8 Å². The summed E-state index contributed by atoms with van der Waals surface area (Å²) in [6.45, 7) is 4.56. The van der Waals surface area contributed by atoms with Crippen LogP contribution in [0.15, 0.2) is 0 Å². The normalized spacial score (nSPS) is 24.6. The van der Waals surface area contributed by atoms with Crippen LogP contribution in [0.25, 0.3) is 0 Å². The van der Waals surface area contributed by atoms with E-state index in [1.165, 1.54) is 4.90 Å². The second-order valence-corrected chi connectivity index (χ2v) is 5.25. The number of hydrogen-bond acceptors (Lipinski definition) is 3. The van der Waals surface area contributed by atoms with Gasteiger partial charge in [0, 0.05) is 19.6 Å². The summed E-state index contributed by atoms with van der Waals surface area (Å²) in [6, 6.07) is 0. The zero-order valence-electron chi connectivity index (χ0n) is 11.3. The molecule has 1 aliphatic rings. The molecule has 0 aliphatic carbocycles. The number of likely N-dealkylation sites (tertiary alicyclic amines) is 1. The summed E-state index contributed by atoms with van der Waals surface area (Å²) >= 11 is 0. The van der Waals surface area contributed by atoms with E-state index < -0.39 is 12.3 Å². The maximum Gasteiger partial charge on any atom is 0.222 e. The molecule has 1 atom stereocenters. The number of halogens is 1. The number of aliphatic hydroxyl groups is 1. The molecule has 1 fully saturated rings. The molecule has 1 N–H and O–H groups in total. The van der Waals surface area contributed by atoms with Crippen molar-refractivity contribution in [1.82, 2.24) is 4.90 Å². The van der Waals surface area contributed by atoms with Crippen molar-refractivity contribution in [3.63, 3.8) is 0 Å². The molecule has 0 saturated carbocycles. The molecule has 0 radical (unpaired) electrons. The third-order valence-corrected chi connectivity index (χ3v) is 3.15. The number of carbonyl (C=O) groups is 1. The number of ether oxygens (including phenoxy) is 1. The second-order valence-electron chi connectivity index (χ2n) is 5.25. The molecule has 106 valence electrons. The SMILES string of the molecule is CC(C)OCCCC(=O)N1CCCC(F)(CO)C1. The highest BCUT2D eigenvalue weighted by atomic mass is 19.1. The Balaban J connectivity index is 2.29. The van der Waals surface area contributed by atoms with Gasteiger partial charge in [0.05, 0.1) is 19.3 Å². The Bertz CT molecular complexity index is 273. The molecular formula is C13H24FNO3. The maximum absolute atomic E-state index is 13.9. The highest BCUT2D eigenvalue weighted by Gasteiger charge is 2.36. The molecule has 0 aromatic carbocycles. The van der Waals surface area contributed by atoms with E-state index in [0.29, 0.717) is 38.8 Å². The van der Waals surface area contributed by atoms with Crippen molar-refractivity contribution in [2.75, 3.05) is 26.3 Å². The molecule has 5 heteroatoms. The quantitative estimate of drug-likeness (QED) is 0.737. The smallest absolute Gasteiger partial charge is 0.222 e. The van der Waals surface area contributed by atoms with Gasteiger partial charge in [-0.2, -0.15) is 0 Å². The minimum absolute atomic E-state index is 0.0212. The number of carbonyl (C=O) groups excluding carboxylic acids is 1. The van der Waals surface area contributed by atoms with Crippen molar-refractivity contribution in [2.24, 2.45) is 0 Å². The van der Waals surface area contributed by atoms with E-state index in [1.807, 2.05) is 13.8 Å². The standard InChI is InChI=1S/C13H24FNO3/c1-11(2)18-8-3-5-12(17)15-7-4-6-13(14,9-15)10-16/h11,16H,3-10H2,1-2H3. The molecule has 1 saturated heterocycles. The zero-order chi connectivity index (χ0) is 13.6. The average molecular weight is 261 g/mol. The van der Waals surface area contributed by atoms with Gasteiger partial charge in [0.25, 0.3) is 0 Å². The number of alkyl halides is 1. The van der Waals surface area contributed by atoms with Gasteiger partial charge in [-0.1, -0.05) is 0 Å². The Labute approximate surface area is 108 Å². The largest absolute Gasteiger partial charge is 0.393 e. The number of hydrogen-bond donors (Lipinski definition) is 1. The van der Waals surface area contributed by atoms with Crippen molar-refractivity contribution >= 4 is 5.91 Å². The van der Waals surface area contributed by atoms with E-state index >= 15 is 0 Å². The van der Waals surface area contributed by atoms with Crippen LogP contribution in [0.5, 0.6) is 0 Å². The van der Waals surface area contributed by atoms with E-state index in [1.54, 1.807) is 0 Å². The van der Waals surface area contributed by atoms with Gasteiger partial charge in [-0.05, 0) is 33.1 Å². The summed E-state index contributed by atoms with van der Waals surface area (Å²) in [7, 11) is 0. The van der Waals surface area contributed by atoms with Crippen molar-refractivity contribution in [3.05, 3.63) is 0 Å². The number of aliphatic hydroxyl groups excluding tert-OH is 1. The molecule has 4 nitrogen and oxygen atoms in total. The Morgan fingerprint density at radius 2 is 2.28 bits per heavy atom. The van der Waals surface area contributed by atoms with Gasteiger partial charge in [-0.15, -0.1) is 0 Å². The van der Waals surface area contributed by atoms with E-state index in [-0.39, 0.29) is 18.6 Å². The molecular weight excluding hydrogens is 237 g/mol. The monoisotopic (exact) mass is 261 g/mol. The lowest BCUT2D eigenvalue weighted by Gasteiger charge is -2.36. The van der Waals surface area contributed by atoms with Gasteiger partial charge < -0.3 is 14.7 Å². The average Bonchev–Trinajstić information content (AvgIpc) is 2.34. The first-order chi connectivity index (χ1) is 8.47. The summed E-state index contributed by atoms with van der Waals surface area (Å²) in [6.07, 6.45) is 2.16. The minimum atomic E-state index is -1.61. The van der Waals surface area contributed by atoms with Crippen LogP contribution in [-0.4, -0.2) is 54.0 Å². The Morgan fingerprint density at radius 1 is 1.56 bits per heavy atom. The summed E-state index contributed by atoms with van der Waals surface area (Å²) in [5.41, 5.74) is -1.61. The van der Waals surface area contributed by atoms with Gasteiger partial charge in [0.15, 0.2) is 5.67 Å². The zero-order valence-corrected chi connectivity index (χ0v) is 11.3. The predicted molar refractivity (Wildman–Crippen MR) is 67.1 cm³/mol. The van der Waals surface area contributed by atoms with Crippen LogP contribution in [0.4, 0.5) is 4.39 Å². The molecule has 18 heavy (non-hydrogen) atoms. The van der Waals surface area contributed by atoms with Gasteiger partial charge >= 0.3 is 0 Å². The van der Waals surface area contributed by atoms with Crippen LogP contribution < -0.4 is 0 Å². The number of nitrogens with zero attached hydrogens (tertiary/aromatic N) is 1. The summed E-state index contributed by atoms with van der Waals surface area (Å²) in [5.74, 6) is -0.0440. The Hall–Kier alpha value is -0.680. The fourth-order valence-corrected chi connectivity index (χ4v) is 2.13. The van der Waals surface area contributed by atoms with Crippen LogP contribution in [0.2, 0.25) is 0 Å². The molecule has 0 bridgehead atoms. The van der Waals surface area contributed by atoms with Crippen LogP contribution in [-0.2, 0) is 9.53 Å². The van der Waals surface area contributed by atoms with E-state index in [4.69, 9.17) is 9.84 Å². The van der Waals surface area contributed by atoms with E-state index in [9.17, 15) is 9.18 Å². The molecule has 0 spiro atoms. The second kappa shape index (κ2) is 7.04. The first-order valence-corrected chi connectivity index (χ1v) is 6.66. The van der Waals surface area contributed by atoms with E-state index in [2.05, 4.69) is 0 Å². The van der Waals surface area contributed by atoms with Gasteiger partial charge in [-0.25, -0.2) is 4.39 Å². The number of piperidine rings is 1. The summed E-state index contributed by atoms with van der Waals surface area (Å²) in [4.78, 5) is 13.4. The van der Waals surface area contributed by atoms with Crippen LogP contribution in [0.1, 0.15) is 39.5 Å². The Kier molecular flexibility index (Phi) is 6.02. The Morgan fingerprint density at radius 3 is 2.89 bits per heavy atom. The first-order valence-electron chi connectivity index (χ1n) is 6.66. The lowest BCUT2D eigenvalue weighted by atomic mass is 9.95. The van der Waals surface area contributed by atoms with Crippen molar-refractivity contribution < 1.29 is 19.0 Å². The minimum Gasteiger partial charge on any atom is -0.393 e. The highest BCUT2D eigenvalue weighted by Crippen LogP contribution is 2.25. The highest BCUT2D eigenvalue weighted by molar-refractivity contribution is 5.76. The van der Waals surface area contributed by atoms with Crippen molar-refractivity contribution in [3.8, 4) is 0 Å². The van der Waals surface area contributed by atoms with Gasteiger partial charge in [-0.3, -0.25) is 4.79 Å². The fraction of sp³-hybridized carbons (Fsp3) is 0.923. The maximum atomic E-state index is 13.9. The lowest BCUT2D eigenvalue weighted by Crippen LogP contribution is -2.49. The van der Waals surface area contributed by atoms with Crippen molar-refractivity contribution in [2.45, 2.75) is 51.3 Å². The van der Waals surface area contributed by atoms with Crippen LogP contribution >= 0.6 is 0 Å². The first kappa shape index (κ1) is 15.4. The molecule has 0 aromatic heterocycles. The molecule has 1 rings (SSSR count). The molecule has 1 unspecified atom stereocenters. The molecule has 1 amide bonds. The van der Waals surface area contributed by atoms with Crippen LogP contribution in [0.3, 0.4) is 0 Å². The number of amides is 1. The molecule has 0 aromatic rings. The summed E-state index contributed by atoms with van der Waals surface area (Å²) in [5, 5.41) is 8.99. The number of rotatable bonds is 6. The third kappa shape index (κ3) is 4.90. The van der Waals surface area contributed by atoms with Gasteiger partial charge in [0.1, 0.15) is 0 Å². The van der Waals surface area contributed by atoms with Crippen LogP contribution in [0, 0.1) is 0 Å². The van der Waals surface area contributed by atoms with E-state index in [0.717, 1.165) is 0 Å². The molecule has 1 heterocycles. The fourth-order valence-electron chi connectivity index (χ4n) is 2.13. The summed E-state index contributed by atoms with van der Waals surface area (Å²) < 4.78 is 19.3. The van der Waals surface area contributed by atoms with Gasteiger partial charge in [0.2, 0.25) is 5.91 Å². The molecule has 1 aliphatic heterocycles. The third-order valence-electron chi connectivity index (χ3n) is 3.15.